The van der Waals surface area contributed by atoms with Gasteiger partial charge in [-0.15, -0.1) is 13.2 Å². The van der Waals surface area contributed by atoms with Crippen LogP contribution in [0.25, 0.3) is 16.8 Å². The molecule has 0 saturated heterocycles. The van der Waals surface area contributed by atoms with Crippen LogP contribution in [0.1, 0.15) is 38.2 Å². The van der Waals surface area contributed by atoms with Crippen LogP contribution in [0.4, 0.5) is 13.2 Å². The van der Waals surface area contributed by atoms with E-state index in [1.54, 1.807) is 24.3 Å². The Labute approximate surface area is 211 Å². The average molecular weight is 505 g/mol. The van der Waals surface area contributed by atoms with Crippen molar-refractivity contribution < 1.29 is 32.2 Å². The highest BCUT2D eigenvalue weighted by Gasteiger charge is 2.39. The monoisotopic (exact) mass is 504 g/mol. The first-order chi connectivity index (χ1) is 17.6. The van der Waals surface area contributed by atoms with Gasteiger partial charge in [-0.3, -0.25) is 0 Å². The molecule has 5 rings (SSSR count). The fourth-order valence-corrected chi connectivity index (χ4v) is 4.79. The van der Waals surface area contributed by atoms with Crippen LogP contribution < -0.4 is 9.47 Å². The van der Waals surface area contributed by atoms with Gasteiger partial charge in [-0.25, -0.2) is 4.79 Å². The van der Waals surface area contributed by atoms with Crippen molar-refractivity contribution in [3.8, 4) is 11.5 Å². The molecule has 7 heteroatoms. The second-order valence-electron chi connectivity index (χ2n) is 8.85. The van der Waals surface area contributed by atoms with E-state index in [-0.39, 0.29) is 5.75 Å². The van der Waals surface area contributed by atoms with Gasteiger partial charge < -0.3 is 14.2 Å². The first-order valence-corrected chi connectivity index (χ1v) is 11.6. The Kier molecular flexibility index (Phi) is 5.94. The molecule has 1 aliphatic heterocycles. The number of alkyl halides is 3. The van der Waals surface area contributed by atoms with Crippen LogP contribution >= 0.6 is 0 Å². The molecule has 1 unspecified atom stereocenters. The van der Waals surface area contributed by atoms with Gasteiger partial charge in [0.05, 0.1) is 12.7 Å². The first kappa shape index (κ1) is 24.4. The number of esters is 1. The third kappa shape index (κ3) is 4.31. The number of hydrogen-bond donors (Lipinski definition) is 0. The smallest absolute Gasteiger partial charge is 0.472 e. The molecule has 4 aromatic carbocycles. The molecule has 0 radical (unpaired) electrons. The van der Waals surface area contributed by atoms with Crippen molar-refractivity contribution in [3.05, 3.63) is 112 Å². The molecule has 0 aliphatic carbocycles. The van der Waals surface area contributed by atoms with Crippen LogP contribution in [0.15, 0.2) is 78.9 Å². The minimum absolute atomic E-state index is 0.313. The molecule has 0 saturated carbocycles. The zero-order chi connectivity index (χ0) is 26.4. The summed E-state index contributed by atoms with van der Waals surface area (Å²) in [5, 5.41) is 1.66. The number of benzene rings is 4. The molecule has 0 fully saturated rings. The van der Waals surface area contributed by atoms with Gasteiger partial charge in [0.15, 0.2) is 5.60 Å². The molecular weight excluding hydrogens is 481 g/mol. The van der Waals surface area contributed by atoms with Crippen molar-refractivity contribution in [2.75, 3.05) is 7.11 Å². The first-order valence-electron chi connectivity index (χ1n) is 11.6. The van der Waals surface area contributed by atoms with Crippen molar-refractivity contribution in [1.82, 2.24) is 0 Å². The fourth-order valence-electron chi connectivity index (χ4n) is 4.79. The maximum Gasteiger partial charge on any atom is 0.573 e. The predicted octanol–water partition coefficient (Wildman–Crippen LogP) is 7.49. The summed E-state index contributed by atoms with van der Waals surface area (Å²) in [6.07, 6.45) is -0.872. The van der Waals surface area contributed by atoms with E-state index in [9.17, 15) is 18.0 Å². The lowest BCUT2D eigenvalue weighted by Crippen LogP contribution is -2.34. The summed E-state index contributed by atoms with van der Waals surface area (Å²) in [7, 11) is 1.34. The van der Waals surface area contributed by atoms with E-state index < -0.39 is 17.9 Å². The number of fused-ring (bicyclic) bond motifs is 3. The average Bonchev–Trinajstić information content (AvgIpc) is 2.90. The number of carbonyl (C=O) groups excluding carboxylic acids is 1. The topological polar surface area (TPSA) is 44.8 Å². The molecule has 1 heterocycles. The molecule has 4 nitrogen and oxygen atoms in total. The normalized spacial score (nSPS) is 16.7. The molecule has 4 aromatic rings. The second-order valence-corrected chi connectivity index (χ2v) is 8.85. The fraction of sp³-hybridized carbons (Fsp3) is 0.167. The third-order valence-corrected chi connectivity index (χ3v) is 6.77. The molecular formula is C30H23F3O4. The van der Waals surface area contributed by atoms with Crippen molar-refractivity contribution >= 4 is 22.8 Å². The molecule has 188 valence electrons. The number of hydrogen-bond acceptors (Lipinski definition) is 4. The number of methoxy groups -OCH3 is 1. The zero-order valence-electron chi connectivity index (χ0n) is 20.3. The Hall–Kier alpha value is -4.26. The summed E-state index contributed by atoms with van der Waals surface area (Å²) < 4.78 is 54.0. The van der Waals surface area contributed by atoms with Crippen molar-refractivity contribution in [1.29, 1.82) is 0 Å². The Morgan fingerprint density at radius 1 is 0.865 bits per heavy atom. The minimum atomic E-state index is -4.78. The van der Waals surface area contributed by atoms with E-state index in [0.717, 1.165) is 33.0 Å². The standard InChI is InChI=1S/C30H23F3O4/c1-18-19(2)26-17-20(28(34)35-3)9-14-25(26)27-24(18)15-16-29(37-27,21-7-5-4-6-8-21)22-10-12-23(13-11-22)36-30(31,32)33/h4-17H,1-3H3. The SMILES string of the molecule is COC(=O)c1ccc2c3c(c(C)c(C)c2c1)C=CC(c1ccccc1)(c1ccc(OC(F)(F)F)cc1)O3. The molecule has 0 bridgehead atoms. The highest BCUT2D eigenvalue weighted by atomic mass is 19.4. The number of aryl methyl sites for hydroxylation is 1. The lowest BCUT2D eigenvalue weighted by molar-refractivity contribution is -0.274. The summed E-state index contributed by atoms with van der Waals surface area (Å²) in [6.45, 7) is 3.98. The summed E-state index contributed by atoms with van der Waals surface area (Å²) in [6, 6.07) is 20.5. The molecule has 0 spiro atoms. The second kappa shape index (κ2) is 9.00. The Morgan fingerprint density at radius 3 is 2.19 bits per heavy atom. The van der Waals surface area contributed by atoms with Gasteiger partial charge in [-0.1, -0.05) is 48.5 Å². The van der Waals surface area contributed by atoms with Gasteiger partial charge in [0.2, 0.25) is 0 Å². The number of carbonyl (C=O) groups is 1. The summed E-state index contributed by atoms with van der Waals surface area (Å²) >= 11 is 0. The Morgan fingerprint density at radius 2 is 1.54 bits per heavy atom. The predicted molar refractivity (Wildman–Crippen MR) is 135 cm³/mol. The van der Waals surface area contributed by atoms with Gasteiger partial charge in [0.25, 0.3) is 0 Å². The van der Waals surface area contributed by atoms with E-state index >= 15 is 0 Å². The quantitative estimate of drug-likeness (QED) is 0.270. The summed E-state index contributed by atoms with van der Waals surface area (Å²) in [4.78, 5) is 12.2. The van der Waals surface area contributed by atoms with E-state index in [0.29, 0.717) is 16.9 Å². The van der Waals surface area contributed by atoms with E-state index in [2.05, 4.69) is 4.74 Å². The van der Waals surface area contributed by atoms with Crippen LogP contribution in [0, 0.1) is 13.8 Å². The minimum Gasteiger partial charge on any atom is -0.472 e. The van der Waals surface area contributed by atoms with Gasteiger partial charge in [-0.05, 0) is 66.8 Å². The van der Waals surface area contributed by atoms with E-state index in [1.165, 1.54) is 19.2 Å². The molecule has 1 aliphatic rings. The van der Waals surface area contributed by atoms with Crippen LogP contribution in [0.5, 0.6) is 11.5 Å². The van der Waals surface area contributed by atoms with Crippen molar-refractivity contribution in [2.24, 2.45) is 0 Å². The molecule has 0 N–H and O–H groups in total. The van der Waals surface area contributed by atoms with Crippen molar-refractivity contribution in [2.45, 2.75) is 25.8 Å². The molecule has 1 atom stereocenters. The third-order valence-electron chi connectivity index (χ3n) is 6.77. The van der Waals surface area contributed by atoms with Crippen LogP contribution in [0.3, 0.4) is 0 Å². The Balaban J connectivity index is 1.70. The number of rotatable bonds is 4. The highest BCUT2D eigenvalue weighted by Crippen LogP contribution is 2.47. The van der Waals surface area contributed by atoms with Crippen molar-refractivity contribution in [3.63, 3.8) is 0 Å². The van der Waals surface area contributed by atoms with Gasteiger partial charge in [0.1, 0.15) is 11.5 Å². The molecule has 0 amide bonds. The number of halogens is 3. The van der Waals surface area contributed by atoms with Crippen LogP contribution in [-0.2, 0) is 10.3 Å². The maximum atomic E-state index is 12.7. The van der Waals surface area contributed by atoms with Gasteiger partial charge >= 0.3 is 12.3 Å². The number of ether oxygens (including phenoxy) is 3. The summed E-state index contributed by atoms with van der Waals surface area (Å²) in [5.41, 5.74) is 3.66. The van der Waals surface area contributed by atoms with Crippen LogP contribution in [-0.4, -0.2) is 19.4 Å². The largest absolute Gasteiger partial charge is 0.573 e. The van der Waals surface area contributed by atoms with Gasteiger partial charge in [-0.2, -0.15) is 0 Å². The lowest BCUT2D eigenvalue weighted by atomic mass is 9.82. The zero-order valence-corrected chi connectivity index (χ0v) is 20.3. The van der Waals surface area contributed by atoms with E-state index in [4.69, 9.17) is 9.47 Å². The molecule has 0 aromatic heterocycles. The lowest BCUT2D eigenvalue weighted by Gasteiger charge is -2.37. The van der Waals surface area contributed by atoms with E-state index in [1.807, 2.05) is 62.4 Å². The van der Waals surface area contributed by atoms with Crippen LogP contribution in [0.2, 0.25) is 0 Å². The Bertz CT molecular complexity index is 1520. The summed E-state index contributed by atoms with van der Waals surface area (Å²) in [5.74, 6) is -0.124. The molecule has 37 heavy (non-hydrogen) atoms. The van der Waals surface area contributed by atoms with Gasteiger partial charge in [0, 0.05) is 22.1 Å². The highest BCUT2D eigenvalue weighted by molar-refractivity contribution is 6.01. The maximum absolute atomic E-state index is 12.7.